The number of H-pyrrole nitrogens is 1. The molecule has 4 nitrogen and oxygen atoms in total. The number of likely N-dealkylation sites (tertiary alicyclic amines) is 1. The zero-order chi connectivity index (χ0) is 16.1. The van der Waals surface area contributed by atoms with Crippen LogP contribution in [0.5, 0.6) is 0 Å². The third kappa shape index (κ3) is 4.66. The van der Waals surface area contributed by atoms with Gasteiger partial charge < -0.3 is 10.3 Å². The Morgan fingerprint density at radius 2 is 1.87 bits per heavy atom. The van der Waals surface area contributed by atoms with Gasteiger partial charge in [0.15, 0.2) is 0 Å². The van der Waals surface area contributed by atoms with Crippen molar-refractivity contribution in [3.05, 3.63) is 53.6 Å². The van der Waals surface area contributed by atoms with Gasteiger partial charge >= 0.3 is 0 Å². The number of aromatic amines is 1. The highest BCUT2D eigenvalue weighted by molar-refractivity contribution is 5.27. The minimum Gasteiger partial charge on any atom is -0.348 e. The number of hydrogen-bond acceptors (Lipinski definition) is 3. The van der Waals surface area contributed by atoms with Crippen LogP contribution < -0.4 is 5.32 Å². The first-order valence-electron chi connectivity index (χ1n) is 8.69. The predicted molar refractivity (Wildman–Crippen MR) is 93.8 cm³/mol. The van der Waals surface area contributed by atoms with Gasteiger partial charge in [0.1, 0.15) is 5.82 Å². The van der Waals surface area contributed by atoms with Gasteiger partial charge in [0.2, 0.25) is 0 Å². The minimum absolute atomic E-state index is 0.777. The fourth-order valence-electron chi connectivity index (χ4n) is 3.76. The number of benzene rings is 1. The lowest BCUT2D eigenvalue weighted by Crippen LogP contribution is -2.38. The Hall–Kier alpha value is -1.65. The van der Waals surface area contributed by atoms with E-state index in [1.807, 2.05) is 6.20 Å². The number of nitrogens with zero attached hydrogens (tertiary/aromatic N) is 2. The summed E-state index contributed by atoms with van der Waals surface area (Å²) in [4.78, 5) is 10.0. The number of aromatic nitrogens is 2. The standard InChI is InChI=1S/C19H28N4/c1-15-9-16(2)13-23(12-15)14-18-6-4-3-5-17(18)10-20-11-19-21-7-8-22-19/h3-8,15-16,20H,9-14H2,1-2H3,(H,21,22)/t15-,16+. The lowest BCUT2D eigenvalue weighted by atomic mass is 9.91. The van der Waals surface area contributed by atoms with Crippen molar-refractivity contribution in [1.82, 2.24) is 20.2 Å². The van der Waals surface area contributed by atoms with Crippen LogP contribution in [0, 0.1) is 11.8 Å². The maximum Gasteiger partial charge on any atom is 0.120 e. The molecule has 0 unspecified atom stereocenters. The molecule has 3 rings (SSSR count). The van der Waals surface area contributed by atoms with Crippen molar-refractivity contribution in [3.8, 4) is 0 Å². The van der Waals surface area contributed by atoms with Gasteiger partial charge in [-0.25, -0.2) is 4.98 Å². The van der Waals surface area contributed by atoms with Crippen LogP contribution in [0.4, 0.5) is 0 Å². The topological polar surface area (TPSA) is 44.0 Å². The Labute approximate surface area is 139 Å². The van der Waals surface area contributed by atoms with E-state index in [4.69, 9.17) is 0 Å². The van der Waals surface area contributed by atoms with Gasteiger partial charge in [-0.05, 0) is 29.4 Å². The van der Waals surface area contributed by atoms with Crippen LogP contribution in [-0.2, 0) is 19.6 Å². The molecule has 1 aromatic carbocycles. The lowest BCUT2D eigenvalue weighted by Gasteiger charge is -2.35. The summed E-state index contributed by atoms with van der Waals surface area (Å²) in [6.07, 6.45) is 5.02. The van der Waals surface area contributed by atoms with Crippen molar-refractivity contribution in [1.29, 1.82) is 0 Å². The Balaban J connectivity index is 1.58. The molecule has 1 saturated heterocycles. The molecule has 0 aliphatic carbocycles. The second-order valence-electron chi connectivity index (χ2n) is 7.05. The summed E-state index contributed by atoms with van der Waals surface area (Å²) >= 11 is 0. The molecule has 0 amide bonds. The number of imidazole rings is 1. The molecule has 124 valence electrons. The molecule has 1 aliphatic rings. The first-order chi connectivity index (χ1) is 11.2. The first-order valence-corrected chi connectivity index (χ1v) is 8.69. The second kappa shape index (κ2) is 7.75. The second-order valence-corrected chi connectivity index (χ2v) is 7.05. The van der Waals surface area contributed by atoms with Crippen LogP contribution in [-0.4, -0.2) is 28.0 Å². The van der Waals surface area contributed by atoms with Gasteiger partial charge in [0.05, 0.1) is 6.54 Å². The fraction of sp³-hybridized carbons (Fsp3) is 0.526. The maximum atomic E-state index is 4.25. The molecule has 0 bridgehead atoms. The van der Waals surface area contributed by atoms with E-state index >= 15 is 0 Å². The van der Waals surface area contributed by atoms with Gasteiger partial charge in [-0.15, -0.1) is 0 Å². The predicted octanol–water partition coefficient (Wildman–Crippen LogP) is 3.18. The van der Waals surface area contributed by atoms with Crippen LogP contribution in [0.3, 0.4) is 0 Å². The molecular weight excluding hydrogens is 284 g/mol. The highest BCUT2D eigenvalue weighted by Gasteiger charge is 2.22. The average Bonchev–Trinajstić information content (AvgIpc) is 3.01. The Bertz CT molecular complexity index is 583. The molecule has 2 atom stereocenters. The van der Waals surface area contributed by atoms with Crippen molar-refractivity contribution in [2.75, 3.05) is 13.1 Å². The molecular formula is C19H28N4. The van der Waals surface area contributed by atoms with E-state index in [1.165, 1.54) is 30.6 Å². The number of hydrogen-bond donors (Lipinski definition) is 2. The zero-order valence-electron chi connectivity index (χ0n) is 14.3. The summed E-state index contributed by atoms with van der Waals surface area (Å²) in [6.45, 7) is 9.91. The number of piperidine rings is 1. The molecule has 1 fully saturated rings. The molecule has 1 aromatic heterocycles. The average molecular weight is 312 g/mol. The van der Waals surface area contributed by atoms with Gasteiger partial charge in [0, 0.05) is 38.6 Å². The lowest BCUT2D eigenvalue weighted by molar-refractivity contribution is 0.134. The Morgan fingerprint density at radius 3 is 2.57 bits per heavy atom. The molecule has 0 radical (unpaired) electrons. The minimum atomic E-state index is 0.777. The van der Waals surface area contributed by atoms with Crippen molar-refractivity contribution in [2.45, 2.75) is 39.9 Å². The molecule has 0 spiro atoms. The van der Waals surface area contributed by atoms with Crippen molar-refractivity contribution in [3.63, 3.8) is 0 Å². The van der Waals surface area contributed by atoms with E-state index in [9.17, 15) is 0 Å². The normalized spacial score (nSPS) is 22.3. The Kier molecular flexibility index (Phi) is 5.47. The summed E-state index contributed by atoms with van der Waals surface area (Å²) < 4.78 is 0. The largest absolute Gasteiger partial charge is 0.348 e. The fourth-order valence-corrected chi connectivity index (χ4v) is 3.76. The van der Waals surface area contributed by atoms with Crippen LogP contribution in [0.25, 0.3) is 0 Å². The number of rotatable bonds is 6. The van der Waals surface area contributed by atoms with E-state index < -0.39 is 0 Å². The smallest absolute Gasteiger partial charge is 0.120 e. The van der Waals surface area contributed by atoms with Crippen LogP contribution in [0.15, 0.2) is 36.7 Å². The van der Waals surface area contributed by atoms with Crippen LogP contribution in [0.2, 0.25) is 0 Å². The zero-order valence-corrected chi connectivity index (χ0v) is 14.3. The number of nitrogens with one attached hydrogen (secondary N) is 2. The van der Waals surface area contributed by atoms with E-state index in [1.54, 1.807) is 6.20 Å². The summed E-state index contributed by atoms with van der Waals surface area (Å²) in [6, 6.07) is 8.80. The highest BCUT2D eigenvalue weighted by atomic mass is 15.1. The molecule has 0 saturated carbocycles. The molecule has 2 heterocycles. The van der Waals surface area contributed by atoms with Gasteiger partial charge in [-0.3, -0.25) is 4.90 Å². The van der Waals surface area contributed by atoms with Crippen LogP contribution >= 0.6 is 0 Å². The molecule has 2 aromatic rings. The summed E-state index contributed by atoms with van der Waals surface area (Å²) in [5, 5.41) is 3.49. The van der Waals surface area contributed by atoms with E-state index in [-0.39, 0.29) is 0 Å². The SMILES string of the molecule is C[C@@H]1C[C@H](C)CN(Cc2ccccc2CNCc2ncc[nH]2)C1. The third-order valence-electron chi connectivity index (χ3n) is 4.62. The van der Waals surface area contributed by atoms with Gasteiger partial charge in [0.25, 0.3) is 0 Å². The van der Waals surface area contributed by atoms with Gasteiger partial charge in [-0.2, -0.15) is 0 Å². The van der Waals surface area contributed by atoms with E-state index in [0.717, 1.165) is 37.3 Å². The summed E-state index contributed by atoms with van der Waals surface area (Å²) in [7, 11) is 0. The maximum absolute atomic E-state index is 4.25. The summed E-state index contributed by atoms with van der Waals surface area (Å²) in [5.41, 5.74) is 2.84. The van der Waals surface area contributed by atoms with Crippen LogP contribution in [0.1, 0.15) is 37.2 Å². The first kappa shape index (κ1) is 16.2. The monoisotopic (exact) mass is 312 g/mol. The Morgan fingerprint density at radius 1 is 1.13 bits per heavy atom. The van der Waals surface area contributed by atoms with Crippen molar-refractivity contribution >= 4 is 0 Å². The van der Waals surface area contributed by atoms with E-state index in [2.05, 4.69) is 58.3 Å². The van der Waals surface area contributed by atoms with Crippen molar-refractivity contribution < 1.29 is 0 Å². The molecule has 1 aliphatic heterocycles. The van der Waals surface area contributed by atoms with Crippen molar-refractivity contribution in [2.24, 2.45) is 11.8 Å². The molecule has 23 heavy (non-hydrogen) atoms. The molecule has 2 N–H and O–H groups in total. The highest BCUT2D eigenvalue weighted by Crippen LogP contribution is 2.23. The van der Waals surface area contributed by atoms with E-state index in [0.29, 0.717) is 0 Å². The van der Waals surface area contributed by atoms with Gasteiger partial charge in [-0.1, -0.05) is 38.1 Å². The third-order valence-corrected chi connectivity index (χ3v) is 4.62. The quantitative estimate of drug-likeness (QED) is 0.861. The molecule has 4 heteroatoms. The summed E-state index contributed by atoms with van der Waals surface area (Å²) in [5.74, 6) is 2.60.